The number of hydrogen-bond acceptors (Lipinski definition) is 7. The van der Waals surface area contributed by atoms with Gasteiger partial charge in [0.1, 0.15) is 35.8 Å². The molecular weight excluding hydrogens is 426 g/mol. The summed E-state index contributed by atoms with van der Waals surface area (Å²) in [5.74, 6) is -0.509. The Kier molecular flexibility index (Phi) is 6.41. The molecule has 0 radical (unpaired) electrons. The highest BCUT2D eigenvalue weighted by Gasteiger charge is 2.68. The van der Waals surface area contributed by atoms with Gasteiger partial charge in [0.15, 0.2) is 0 Å². The van der Waals surface area contributed by atoms with Crippen LogP contribution in [0.1, 0.15) is 34.1 Å². The number of hydrogen-bond donors (Lipinski definition) is 3. The van der Waals surface area contributed by atoms with Crippen molar-refractivity contribution in [3.05, 3.63) is 36.1 Å². The van der Waals surface area contributed by atoms with Crippen LogP contribution in [0.4, 0.5) is 4.79 Å². The van der Waals surface area contributed by atoms with E-state index in [-0.39, 0.29) is 29.6 Å². The summed E-state index contributed by atoms with van der Waals surface area (Å²) in [5, 5.41) is 21.9. The average Bonchev–Trinajstić information content (AvgIpc) is 2.94. The average molecular weight is 464 g/mol. The molecule has 2 heterocycles. The van der Waals surface area contributed by atoms with Crippen LogP contribution in [0, 0.1) is 29.6 Å². The first kappa shape index (κ1) is 24.3. The number of primary amides is 1. The third kappa shape index (κ3) is 3.71. The molecule has 2 aliphatic heterocycles. The summed E-state index contributed by atoms with van der Waals surface area (Å²) in [5.41, 5.74) is 5.50. The van der Waals surface area contributed by atoms with E-state index in [4.69, 9.17) is 24.7 Å². The number of nitrogens with two attached hydrogens (primary N) is 1. The van der Waals surface area contributed by atoms with Crippen LogP contribution >= 0.6 is 0 Å². The molecule has 4 rings (SSSR count). The highest BCUT2D eigenvalue weighted by Crippen LogP contribution is 2.61. The summed E-state index contributed by atoms with van der Waals surface area (Å²) in [6.45, 7) is 11.7. The van der Waals surface area contributed by atoms with E-state index in [2.05, 4.69) is 24.8 Å². The third-order valence-electron chi connectivity index (χ3n) is 8.26. The number of aliphatic hydroxyl groups excluding tert-OH is 2. The van der Waals surface area contributed by atoms with Gasteiger partial charge in [-0.3, -0.25) is 0 Å². The van der Waals surface area contributed by atoms with E-state index in [1.807, 2.05) is 20.8 Å². The number of aliphatic hydroxyl groups is 2. The molecule has 0 aromatic heterocycles. The lowest BCUT2D eigenvalue weighted by Crippen LogP contribution is -2.57. The molecule has 1 spiro atoms. The van der Waals surface area contributed by atoms with Crippen molar-refractivity contribution in [1.29, 1.82) is 0 Å². The maximum Gasteiger partial charge on any atom is 0.404 e. The van der Waals surface area contributed by atoms with Crippen LogP contribution in [-0.2, 0) is 18.9 Å². The highest BCUT2D eigenvalue weighted by atomic mass is 16.6. The van der Waals surface area contributed by atoms with Crippen LogP contribution in [0.15, 0.2) is 36.1 Å². The molecule has 33 heavy (non-hydrogen) atoms. The van der Waals surface area contributed by atoms with Gasteiger partial charge in [0.2, 0.25) is 0 Å². The van der Waals surface area contributed by atoms with Gasteiger partial charge in [0.05, 0.1) is 12.2 Å². The van der Waals surface area contributed by atoms with Crippen LogP contribution in [0.3, 0.4) is 0 Å². The SMILES string of the molecule is C=C1O[C@H]([C@@H](C)O)[C@H](C)/C=C(\C)[C@]23O[C@@H]4[C@H](C=C[C@@H]2C[C@@H]1OC)[C@H]3[C@H](O)[C@@H](C)[C@H]4OC(N)=O. The Morgan fingerprint density at radius 2 is 2.06 bits per heavy atom. The fourth-order valence-corrected chi connectivity index (χ4v) is 6.75. The second kappa shape index (κ2) is 8.73. The molecule has 4 aliphatic rings. The van der Waals surface area contributed by atoms with E-state index in [9.17, 15) is 15.0 Å². The molecule has 2 aliphatic carbocycles. The van der Waals surface area contributed by atoms with E-state index in [1.165, 1.54) is 0 Å². The third-order valence-corrected chi connectivity index (χ3v) is 8.26. The van der Waals surface area contributed by atoms with E-state index in [1.54, 1.807) is 14.0 Å². The van der Waals surface area contributed by atoms with E-state index in [0.717, 1.165) is 5.57 Å². The molecule has 12 atom stereocenters. The minimum Gasteiger partial charge on any atom is -0.489 e. The van der Waals surface area contributed by atoms with E-state index in [0.29, 0.717) is 12.2 Å². The Labute approximate surface area is 195 Å². The maximum absolute atomic E-state index is 11.6. The van der Waals surface area contributed by atoms with Crippen molar-refractivity contribution in [3.8, 4) is 0 Å². The molecule has 184 valence electrons. The van der Waals surface area contributed by atoms with Gasteiger partial charge < -0.3 is 34.9 Å². The molecule has 1 amide bonds. The van der Waals surface area contributed by atoms with Crippen molar-refractivity contribution in [3.63, 3.8) is 0 Å². The predicted octanol–water partition coefficient (Wildman–Crippen LogP) is 2.30. The Bertz CT molecular complexity index is 854. The van der Waals surface area contributed by atoms with E-state index < -0.39 is 48.3 Å². The lowest BCUT2D eigenvalue weighted by molar-refractivity contribution is -0.104. The molecule has 4 N–H and O–H groups in total. The van der Waals surface area contributed by atoms with Gasteiger partial charge in [-0.1, -0.05) is 38.7 Å². The molecule has 1 saturated heterocycles. The molecule has 0 aromatic carbocycles. The Hall–Kier alpha value is -1.87. The fraction of sp³-hybridized carbons (Fsp3) is 0.720. The second-order valence-corrected chi connectivity index (χ2v) is 10.2. The molecule has 0 unspecified atom stereocenters. The summed E-state index contributed by atoms with van der Waals surface area (Å²) < 4.78 is 24.2. The summed E-state index contributed by atoms with van der Waals surface area (Å²) in [7, 11) is 1.61. The summed E-state index contributed by atoms with van der Waals surface area (Å²) in [4.78, 5) is 11.6. The number of carbonyl (C=O) groups excluding carboxylic acids is 1. The van der Waals surface area contributed by atoms with Crippen LogP contribution in [-0.4, -0.2) is 65.6 Å². The standard InChI is InChI=1S/C25H37NO7/c1-11-9-12(2)25-16(10-18(30-6)15(5)31-21(11)14(4)27)7-8-17-19(25)20(28)13(3)22(23(17)33-25)32-24(26)29/h7-9,11,13-14,16-23,27-28H,5,10H2,1-4,6H3,(H2,26,29)/b12-9+/t11-,13-,14-,16-,17-,18+,19+,20-,21+,22-,23-,25+/m1/s1. The van der Waals surface area contributed by atoms with Gasteiger partial charge in [-0.2, -0.15) is 0 Å². The lowest BCUT2D eigenvalue weighted by Gasteiger charge is -2.49. The molecule has 0 aromatic rings. The van der Waals surface area contributed by atoms with Crippen LogP contribution in [0.2, 0.25) is 0 Å². The van der Waals surface area contributed by atoms with Crippen LogP contribution in [0.25, 0.3) is 0 Å². The number of ether oxygens (including phenoxy) is 4. The van der Waals surface area contributed by atoms with Crippen molar-refractivity contribution in [2.45, 2.75) is 76.3 Å². The zero-order chi connectivity index (χ0) is 24.2. The maximum atomic E-state index is 11.6. The smallest absolute Gasteiger partial charge is 0.404 e. The second-order valence-electron chi connectivity index (χ2n) is 10.2. The lowest BCUT2D eigenvalue weighted by atomic mass is 9.57. The van der Waals surface area contributed by atoms with Gasteiger partial charge in [-0.05, 0) is 25.8 Å². The van der Waals surface area contributed by atoms with Crippen molar-refractivity contribution < 1.29 is 34.0 Å². The minimum absolute atomic E-state index is 0.119. The van der Waals surface area contributed by atoms with Crippen molar-refractivity contribution in [2.75, 3.05) is 7.11 Å². The first-order valence-corrected chi connectivity index (χ1v) is 11.8. The van der Waals surface area contributed by atoms with E-state index >= 15 is 0 Å². The van der Waals surface area contributed by atoms with Crippen LogP contribution in [0.5, 0.6) is 0 Å². The zero-order valence-corrected chi connectivity index (χ0v) is 20.0. The largest absolute Gasteiger partial charge is 0.489 e. The zero-order valence-electron chi connectivity index (χ0n) is 20.0. The Morgan fingerprint density at radius 3 is 2.67 bits per heavy atom. The summed E-state index contributed by atoms with van der Waals surface area (Å²) >= 11 is 0. The topological polar surface area (TPSA) is 120 Å². The van der Waals surface area contributed by atoms with Crippen molar-refractivity contribution in [1.82, 2.24) is 0 Å². The first-order valence-electron chi connectivity index (χ1n) is 11.8. The van der Waals surface area contributed by atoms with Gasteiger partial charge in [-0.25, -0.2) is 4.79 Å². The Morgan fingerprint density at radius 1 is 1.36 bits per heavy atom. The first-order chi connectivity index (χ1) is 15.5. The van der Waals surface area contributed by atoms with Gasteiger partial charge in [-0.15, -0.1) is 0 Å². The molecule has 8 nitrogen and oxygen atoms in total. The molecular formula is C25H37NO7. The highest BCUT2D eigenvalue weighted by molar-refractivity contribution is 5.65. The van der Waals surface area contributed by atoms with Crippen molar-refractivity contribution >= 4 is 6.09 Å². The number of amides is 1. The predicted molar refractivity (Wildman–Crippen MR) is 121 cm³/mol. The minimum atomic E-state index is -0.875. The molecule has 2 fully saturated rings. The number of carbonyl (C=O) groups is 1. The number of methoxy groups -OCH3 is 1. The summed E-state index contributed by atoms with van der Waals surface area (Å²) in [6.07, 6.45) is 2.43. The fourth-order valence-electron chi connectivity index (χ4n) is 6.75. The molecule has 8 heteroatoms. The monoisotopic (exact) mass is 463 g/mol. The molecule has 1 saturated carbocycles. The molecule has 4 bridgehead atoms. The van der Waals surface area contributed by atoms with Gasteiger partial charge >= 0.3 is 6.09 Å². The quantitative estimate of drug-likeness (QED) is 0.549. The van der Waals surface area contributed by atoms with Gasteiger partial charge in [0, 0.05) is 36.7 Å². The summed E-state index contributed by atoms with van der Waals surface area (Å²) in [6, 6.07) is 0. The van der Waals surface area contributed by atoms with Crippen LogP contribution < -0.4 is 5.73 Å². The van der Waals surface area contributed by atoms with Crippen molar-refractivity contribution in [2.24, 2.45) is 35.3 Å². The van der Waals surface area contributed by atoms with Gasteiger partial charge in [0.25, 0.3) is 0 Å². The normalized spacial score (nSPS) is 49.3. The number of rotatable bonds is 3. The Balaban J connectivity index is 1.85.